The number of ether oxygens (including phenoxy) is 1. The van der Waals surface area contributed by atoms with Gasteiger partial charge in [0.05, 0.1) is 18.0 Å². The van der Waals surface area contributed by atoms with E-state index in [-0.39, 0.29) is 0 Å². The van der Waals surface area contributed by atoms with Crippen LogP contribution in [0.3, 0.4) is 0 Å². The van der Waals surface area contributed by atoms with E-state index in [2.05, 4.69) is 33.0 Å². The lowest BCUT2D eigenvalue weighted by Gasteiger charge is -2.19. The minimum Gasteiger partial charge on any atom is -0.491 e. The van der Waals surface area contributed by atoms with Crippen LogP contribution in [-0.2, 0) is 0 Å². The molecule has 0 bridgehead atoms. The van der Waals surface area contributed by atoms with Gasteiger partial charge in [-0.3, -0.25) is 0 Å². The van der Waals surface area contributed by atoms with Crippen molar-refractivity contribution < 1.29 is 4.74 Å². The Morgan fingerprint density at radius 1 is 1.28 bits per heavy atom. The summed E-state index contributed by atoms with van der Waals surface area (Å²) in [6, 6.07) is 5.89. The molecule has 0 aromatic heterocycles. The van der Waals surface area contributed by atoms with Crippen LogP contribution in [0.5, 0.6) is 5.75 Å². The molecular formula is C15H26N2O. The van der Waals surface area contributed by atoms with Crippen molar-refractivity contribution in [1.82, 2.24) is 0 Å². The molecule has 0 amide bonds. The van der Waals surface area contributed by atoms with E-state index in [1.54, 1.807) is 0 Å². The quantitative estimate of drug-likeness (QED) is 0.753. The van der Waals surface area contributed by atoms with Gasteiger partial charge in [0.15, 0.2) is 0 Å². The first kappa shape index (κ1) is 14.7. The van der Waals surface area contributed by atoms with Crippen molar-refractivity contribution in [3.05, 3.63) is 18.2 Å². The fourth-order valence-electron chi connectivity index (χ4n) is 1.61. The number of para-hydroxylation sites is 1. The maximum atomic E-state index is 6.09. The van der Waals surface area contributed by atoms with Gasteiger partial charge >= 0.3 is 0 Å². The summed E-state index contributed by atoms with van der Waals surface area (Å²) in [6.45, 7) is 10.4. The smallest absolute Gasteiger partial charge is 0.144 e. The molecule has 1 aromatic carbocycles. The van der Waals surface area contributed by atoms with E-state index >= 15 is 0 Å². The molecule has 0 unspecified atom stereocenters. The highest BCUT2D eigenvalue weighted by molar-refractivity contribution is 5.72. The molecular weight excluding hydrogens is 224 g/mol. The molecule has 0 heterocycles. The third-order valence-corrected chi connectivity index (χ3v) is 2.72. The minimum atomic E-state index is 0.331. The van der Waals surface area contributed by atoms with Gasteiger partial charge in [-0.25, -0.2) is 0 Å². The Labute approximate surface area is 111 Å². The summed E-state index contributed by atoms with van der Waals surface area (Å²) in [7, 11) is 0. The number of nitrogen functional groups attached to an aromatic ring is 1. The van der Waals surface area contributed by atoms with Gasteiger partial charge in [-0.2, -0.15) is 0 Å². The molecule has 3 heteroatoms. The second-order valence-corrected chi connectivity index (χ2v) is 5.80. The lowest BCUT2D eigenvalue weighted by atomic mass is 9.92. The van der Waals surface area contributed by atoms with Crippen molar-refractivity contribution in [1.29, 1.82) is 0 Å². The van der Waals surface area contributed by atoms with Gasteiger partial charge in [-0.05, 0) is 30.4 Å². The highest BCUT2D eigenvalue weighted by Gasteiger charge is 2.10. The topological polar surface area (TPSA) is 47.3 Å². The van der Waals surface area contributed by atoms with Gasteiger partial charge in [-0.15, -0.1) is 0 Å². The fourth-order valence-corrected chi connectivity index (χ4v) is 1.61. The van der Waals surface area contributed by atoms with Crippen LogP contribution in [0.2, 0.25) is 0 Å². The van der Waals surface area contributed by atoms with E-state index in [1.165, 1.54) is 0 Å². The summed E-state index contributed by atoms with van der Waals surface area (Å²) >= 11 is 0. The van der Waals surface area contributed by atoms with Crippen LogP contribution in [0.4, 0.5) is 11.4 Å². The Bertz CT molecular complexity index is 369. The van der Waals surface area contributed by atoms with E-state index in [1.807, 2.05) is 18.2 Å². The first-order valence-corrected chi connectivity index (χ1v) is 6.69. The summed E-state index contributed by atoms with van der Waals surface area (Å²) < 4.78 is 5.61. The summed E-state index contributed by atoms with van der Waals surface area (Å²) in [6.07, 6.45) is 2.09. The van der Waals surface area contributed by atoms with E-state index in [0.29, 0.717) is 17.7 Å². The lowest BCUT2D eigenvalue weighted by molar-refractivity contribution is 0.319. The van der Waals surface area contributed by atoms with E-state index in [9.17, 15) is 0 Å². The number of hydrogen-bond acceptors (Lipinski definition) is 3. The van der Waals surface area contributed by atoms with Crippen LogP contribution in [0.25, 0.3) is 0 Å². The zero-order valence-corrected chi connectivity index (χ0v) is 12.0. The van der Waals surface area contributed by atoms with Crippen molar-refractivity contribution in [2.75, 3.05) is 24.2 Å². The third kappa shape index (κ3) is 4.86. The number of nitrogens with two attached hydrogens (primary N) is 1. The standard InChI is InChI=1S/C15H26N2O/c1-5-11-18-13-8-6-7-12(14(13)16)17-10-9-15(2,3)4/h6-8,17H,5,9-11,16H2,1-4H3. The number of benzene rings is 1. The van der Waals surface area contributed by atoms with Crippen molar-refractivity contribution in [2.24, 2.45) is 5.41 Å². The summed E-state index contributed by atoms with van der Waals surface area (Å²) in [5.41, 5.74) is 8.09. The van der Waals surface area contributed by atoms with Gasteiger partial charge in [-0.1, -0.05) is 33.8 Å². The van der Waals surface area contributed by atoms with Crippen LogP contribution < -0.4 is 15.8 Å². The van der Waals surface area contributed by atoms with Crippen molar-refractivity contribution in [3.8, 4) is 5.75 Å². The minimum absolute atomic E-state index is 0.331. The highest BCUT2D eigenvalue weighted by atomic mass is 16.5. The molecule has 0 aliphatic carbocycles. The Balaban J connectivity index is 2.60. The zero-order chi connectivity index (χ0) is 13.6. The monoisotopic (exact) mass is 250 g/mol. The van der Waals surface area contributed by atoms with E-state index in [4.69, 9.17) is 10.5 Å². The molecule has 0 fully saturated rings. The molecule has 3 N–H and O–H groups in total. The molecule has 0 aliphatic rings. The maximum absolute atomic E-state index is 6.09. The van der Waals surface area contributed by atoms with E-state index < -0.39 is 0 Å². The molecule has 0 radical (unpaired) electrons. The van der Waals surface area contributed by atoms with Gasteiger partial charge < -0.3 is 15.8 Å². The molecule has 0 atom stereocenters. The van der Waals surface area contributed by atoms with Crippen LogP contribution >= 0.6 is 0 Å². The molecule has 0 saturated carbocycles. The Hall–Kier alpha value is -1.38. The first-order chi connectivity index (χ1) is 8.44. The summed E-state index contributed by atoms with van der Waals surface area (Å²) in [5, 5.41) is 3.38. The van der Waals surface area contributed by atoms with Gasteiger partial charge in [0.1, 0.15) is 5.75 Å². The molecule has 3 nitrogen and oxygen atoms in total. The summed E-state index contributed by atoms with van der Waals surface area (Å²) in [5.74, 6) is 0.776. The lowest BCUT2D eigenvalue weighted by Crippen LogP contribution is -2.13. The summed E-state index contributed by atoms with van der Waals surface area (Å²) in [4.78, 5) is 0. The molecule has 0 aliphatic heterocycles. The normalized spacial score (nSPS) is 11.3. The predicted molar refractivity (Wildman–Crippen MR) is 79.2 cm³/mol. The van der Waals surface area contributed by atoms with Crippen molar-refractivity contribution >= 4 is 11.4 Å². The molecule has 0 spiro atoms. The van der Waals surface area contributed by atoms with Crippen LogP contribution in [0.15, 0.2) is 18.2 Å². The van der Waals surface area contributed by atoms with Gasteiger partial charge in [0, 0.05) is 6.54 Å². The number of anilines is 2. The Morgan fingerprint density at radius 2 is 2.00 bits per heavy atom. The highest BCUT2D eigenvalue weighted by Crippen LogP contribution is 2.30. The number of nitrogens with one attached hydrogen (secondary N) is 1. The van der Waals surface area contributed by atoms with Gasteiger partial charge in [0.25, 0.3) is 0 Å². The SMILES string of the molecule is CCCOc1cccc(NCCC(C)(C)C)c1N. The van der Waals surface area contributed by atoms with Crippen molar-refractivity contribution in [3.63, 3.8) is 0 Å². The fraction of sp³-hybridized carbons (Fsp3) is 0.600. The van der Waals surface area contributed by atoms with Crippen LogP contribution in [0, 0.1) is 5.41 Å². The largest absolute Gasteiger partial charge is 0.491 e. The van der Waals surface area contributed by atoms with Crippen molar-refractivity contribution in [2.45, 2.75) is 40.5 Å². The second kappa shape index (κ2) is 6.53. The average molecular weight is 250 g/mol. The molecule has 0 saturated heterocycles. The van der Waals surface area contributed by atoms with E-state index in [0.717, 1.165) is 30.8 Å². The van der Waals surface area contributed by atoms with Crippen LogP contribution in [0.1, 0.15) is 40.5 Å². The predicted octanol–water partition coefficient (Wildman–Crippen LogP) is 3.91. The zero-order valence-electron chi connectivity index (χ0n) is 12.0. The third-order valence-electron chi connectivity index (χ3n) is 2.72. The second-order valence-electron chi connectivity index (χ2n) is 5.80. The average Bonchev–Trinajstić information content (AvgIpc) is 2.28. The molecule has 102 valence electrons. The first-order valence-electron chi connectivity index (χ1n) is 6.69. The number of hydrogen-bond donors (Lipinski definition) is 2. The van der Waals surface area contributed by atoms with Gasteiger partial charge in [0.2, 0.25) is 0 Å². The molecule has 1 rings (SSSR count). The Kier molecular flexibility index (Phi) is 5.32. The molecule has 18 heavy (non-hydrogen) atoms. The Morgan fingerprint density at radius 3 is 2.61 bits per heavy atom. The maximum Gasteiger partial charge on any atom is 0.144 e. The van der Waals surface area contributed by atoms with Crippen LogP contribution in [-0.4, -0.2) is 13.2 Å². The number of rotatable bonds is 6. The molecule has 1 aromatic rings.